The molecule has 0 aliphatic carbocycles. The van der Waals surface area contributed by atoms with Crippen molar-refractivity contribution >= 4 is 5.97 Å². The molecular weight excluding hydrogens is 552 g/mol. The number of allylic oxidation sites excluding steroid dienone is 6. The van der Waals surface area contributed by atoms with E-state index in [2.05, 4.69) is 43.4 Å². The predicted octanol–water partition coefficient (Wildman–Crippen LogP) is 0.743. The van der Waals surface area contributed by atoms with E-state index in [1.165, 1.54) is 0 Å². The normalized spacial score (nSPS) is 34.1. The average Bonchev–Trinajstić information content (AvgIpc) is 2.98. The van der Waals surface area contributed by atoms with E-state index >= 15 is 0 Å². The van der Waals surface area contributed by atoms with Gasteiger partial charge in [0.2, 0.25) is 0 Å². The van der Waals surface area contributed by atoms with Gasteiger partial charge in [-0.3, -0.25) is 4.79 Å². The van der Waals surface area contributed by atoms with E-state index in [9.17, 15) is 40.5 Å². The molecule has 2 rings (SSSR count). The summed E-state index contributed by atoms with van der Waals surface area (Å²) in [6, 6.07) is 0. The number of carbonyl (C=O) groups is 1. The SMILES string of the molecule is CC/C=C\C/C=C\C/C=C\CCCCCCCC(=O)O[C@@H]1[C@@H](O)[C@@H](O[C@H]2O[C@H](CO)[C@@H](O)[C@H](O)[C@H]2O)O[C@H](CO)[C@H]1O. The maximum Gasteiger partial charge on any atom is 0.306 e. The molecule has 10 atom stereocenters. The van der Waals surface area contributed by atoms with Crippen LogP contribution in [-0.4, -0.2) is 116 Å². The Morgan fingerprint density at radius 2 is 1.21 bits per heavy atom. The topological polar surface area (TPSA) is 196 Å². The summed E-state index contributed by atoms with van der Waals surface area (Å²) < 4.78 is 21.4. The fourth-order valence-electron chi connectivity index (χ4n) is 4.72. The molecule has 0 spiro atoms. The molecular formula is C30H50O12. The second kappa shape index (κ2) is 20.3. The van der Waals surface area contributed by atoms with Crippen LogP contribution in [0.2, 0.25) is 0 Å². The number of rotatable bonds is 18. The molecule has 2 aliphatic heterocycles. The van der Waals surface area contributed by atoms with Crippen LogP contribution < -0.4 is 0 Å². The van der Waals surface area contributed by atoms with Crippen LogP contribution in [0.4, 0.5) is 0 Å². The van der Waals surface area contributed by atoms with Gasteiger partial charge in [0.15, 0.2) is 18.7 Å². The van der Waals surface area contributed by atoms with Gasteiger partial charge < -0.3 is 54.7 Å². The second-order valence-corrected chi connectivity index (χ2v) is 10.6. The van der Waals surface area contributed by atoms with Crippen molar-refractivity contribution in [1.29, 1.82) is 0 Å². The molecule has 2 heterocycles. The van der Waals surface area contributed by atoms with Crippen LogP contribution in [0.15, 0.2) is 36.5 Å². The highest BCUT2D eigenvalue weighted by Gasteiger charge is 2.51. The number of aliphatic hydroxyl groups excluding tert-OH is 7. The van der Waals surface area contributed by atoms with Gasteiger partial charge in [-0.25, -0.2) is 0 Å². The Labute approximate surface area is 247 Å². The Bertz CT molecular complexity index is 831. The third-order valence-electron chi connectivity index (χ3n) is 7.24. The van der Waals surface area contributed by atoms with Gasteiger partial charge in [-0.2, -0.15) is 0 Å². The number of ether oxygens (including phenoxy) is 4. The summed E-state index contributed by atoms with van der Waals surface area (Å²) in [4.78, 5) is 12.5. The van der Waals surface area contributed by atoms with E-state index < -0.39 is 80.6 Å². The largest absolute Gasteiger partial charge is 0.456 e. The van der Waals surface area contributed by atoms with Gasteiger partial charge in [-0.05, 0) is 38.5 Å². The van der Waals surface area contributed by atoms with Gasteiger partial charge in [0.25, 0.3) is 0 Å². The van der Waals surface area contributed by atoms with Crippen molar-refractivity contribution in [2.45, 2.75) is 133 Å². The average molecular weight is 603 g/mol. The zero-order valence-electron chi connectivity index (χ0n) is 24.4. The summed E-state index contributed by atoms with van der Waals surface area (Å²) >= 11 is 0. The van der Waals surface area contributed by atoms with Gasteiger partial charge in [-0.15, -0.1) is 0 Å². The molecule has 2 fully saturated rings. The molecule has 0 radical (unpaired) electrons. The van der Waals surface area contributed by atoms with E-state index in [1.54, 1.807) is 0 Å². The van der Waals surface area contributed by atoms with Gasteiger partial charge in [-0.1, -0.05) is 62.6 Å². The van der Waals surface area contributed by atoms with Crippen molar-refractivity contribution in [3.63, 3.8) is 0 Å². The van der Waals surface area contributed by atoms with Crippen molar-refractivity contribution in [1.82, 2.24) is 0 Å². The van der Waals surface area contributed by atoms with Crippen molar-refractivity contribution < 1.29 is 59.5 Å². The number of hydrogen-bond acceptors (Lipinski definition) is 12. The van der Waals surface area contributed by atoms with Crippen LogP contribution >= 0.6 is 0 Å². The van der Waals surface area contributed by atoms with Crippen molar-refractivity contribution in [3.05, 3.63) is 36.5 Å². The van der Waals surface area contributed by atoms with Crippen molar-refractivity contribution in [2.24, 2.45) is 0 Å². The van der Waals surface area contributed by atoms with E-state index in [1.807, 2.05) is 0 Å². The summed E-state index contributed by atoms with van der Waals surface area (Å²) in [6.45, 7) is 0.730. The maximum atomic E-state index is 12.5. The minimum atomic E-state index is -1.77. The highest BCUT2D eigenvalue weighted by molar-refractivity contribution is 5.69. The van der Waals surface area contributed by atoms with Gasteiger partial charge in [0.1, 0.15) is 42.7 Å². The van der Waals surface area contributed by atoms with Gasteiger partial charge >= 0.3 is 5.97 Å². The Hall–Kier alpha value is -1.71. The Morgan fingerprint density at radius 3 is 1.86 bits per heavy atom. The first-order valence-electron chi connectivity index (χ1n) is 15.0. The summed E-state index contributed by atoms with van der Waals surface area (Å²) in [5, 5.41) is 70.4. The molecule has 0 aromatic rings. The summed E-state index contributed by atoms with van der Waals surface area (Å²) in [5.41, 5.74) is 0. The molecule has 0 bridgehead atoms. The third kappa shape index (κ3) is 11.8. The minimum Gasteiger partial charge on any atom is -0.456 e. The molecule has 0 aromatic carbocycles. The van der Waals surface area contributed by atoms with Crippen molar-refractivity contribution in [2.75, 3.05) is 13.2 Å². The first-order valence-corrected chi connectivity index (χ1v) is 15.0. The quantitative estimate of drug-likeness (QED) is 0.0662. The molecule has 2 aliphatic rings. The molecule has 7 N–H and O–H groups in total. The van der Waals surface area contributed by atoms with E-state index in [-0.39, 0.29) is 6.42 Å². The predicted molar refractivity (Wildman–Crippen MR) is 152 cm³/mol. The monoisotopic (exact) mass is 602 g/mol. The van der Waals surface area contributed by atoms with Crippen LogP contribution in [0.5, 0.6) is 0 Å². The molecule has 0 amide bonds. The molecule has 0 aromatic heterocycles. The summed E-state index contributed by atoms with van der Waals surface area (Å²) in [6.07, 6.45) is 5.67. The van der Waals surface area contributed by atoms with Gasteiger partial charge in [0.05, 0.1) is 13.2 Å². The fourth-order valence-corrected chi connectivity index (χ4v) is 4.72. The maximum absolute atomic E-state index is 12.5. The number of carbonyl (C=O) groups excluding carboxylic acids is 1. The zero-order valence-corrected chi connectivity index (χ0v) is 24.4. The highest BCUT2D eigenvalue weighted by atomic mass is 16.8. The second-order valence-electron chi connectivity index (χ2n) is 10.6. The lowest BCUT2D eigenvalue weighted by molar-refractivity contribution is -0.376. The number of unbranched alkanes of at least 4 members (excludes halogenated alkanes) is 5. The van der Waals surface area contributed by atoms with Crippen LogP contribution in [0, 0.1) is 0 Å². The molecule has 2 saturated heterocycles. The minimum absolute atomic E-state index is 0.0680. The third-order valence-corrected chi connectivity index (χ3v) is 7.24. The van der Waals surface area contributed by atoms with Crippen LogP contribution in [0.3, 0.4) is 0 Å². The highest BCUT2D eigenvalue weighted by Crippen LogP contribution is 2.29. The standard InChI is InChI=1S/C30H50O12/c1-2-3-4-5-6-7-8-9-10-11-12-13-14-15-16-17-22(33)41-28-24(35)21(19-32)40-30(27(28)38)42-29-26(37)25(36)23(34)20(18-31)39-29/h3-4,6-7,9-10,20-21,23-32,34-38H,2,5,8,11-19H2,1H3/b4-3-,7-6-,10-9-/t20-,21-,23-,24-,25+,26-,27-,28+,29-,30-/m1/s1. The summed E-state index contributed by atoms with van der Waals surface area (Å²) in [7, 11) is 0. The molecule has 12 heteroatoms. The number of hydrogen-bond donors (Lipinski definition) is 7. The van der Waals surface area contributed by atoms with E-state index in [4.69, 9.17) is 18.9 Å². The van der Waals surface area contributed by atoms with Gasteiger partial charge in [0, 0.05) is 6.42 Å². The van der Waals surface area contributed by atoms with Crippen LogP contribution in [0.25, 0.3) is 0 Å². The zero-order chi connectivity index (χ0) is 30.9. The molecule has 42 heavy (non-hydrogen) atoms. The van der Waals surface area contributed by atoms with E-state index in [0.29, 0.717) is 6.42 Å². The smallest absolute Gasteiger partial charge is 0.306 e. The summed E-state index contributed by atoms with van der Waals surface area (Å²) in [5.74, 6) is -0.649. The molecule has 12 nitrogen and oxygen atoms in total. The first-order chi connectivity index (χ1) is 20.2. The fraction of sp³-hybridized carbons (Fsp3) is 0.767. The Kier molecular flexibility index (Phi) is 17.6. The Morgan fingerprint density at radius 1 is 0.667 bits per heavy atom. The first kappa shape index (κ1) is 36.5. The number of aliphatic hydroxyl groups is 7. The van der Waals surface area contributed by atoms with E-state index in [0.717, 1.165) is 51.4 Å². The molecule has 0 saturated carbocycles. The van der Waals surface area contributed by atoms with Crippen molar-refractivity contribution in [3.8, 4) is 0 Å². The molecule has 0 unspecified atom stereocenters. The van der Waals surface area contributed by atoms with Crippen LogP contribution in [0.1, 0.15) is 71.1 Å². The Balaban J connectivity index is 1.72. The van der Waals surface area contributed by atoms with Crippen LogP contribution in [-0.2, 0) is 23.7 Å². The molecule has 242 valence electrons. The lowest BCUT2D eigenvalue weighted by Crippen LogP contribution is -2.64. The lowest BCUT2D eigenvalue weighted by Gasteiger charge is -2.45. The number of esters is 1. The lowest BCUT2D eigenvalue weighted by atomic mass is 9.98.